The Bertz CT molecular complexity index is 1420. The van der Waals surface area contributed by atoms with E-state index in [0.717, 1.165) is 4.90 Å². The molecule has 3 aromatic carbocycles. The molecular formula is C25H17FN4O4. The SMILES string of the molecule is N#Cc1ccc(N2C(=O)[C@H]3[C@@H]4C[C@@H](CN4C(=O)Oc4ccc(F)cc4)N3C2=O)c2ccccc12. The quantitative estimate of drug-likeness (QED) is 0.549. The summed E-state index contributed by atoms with van der Waals surface area (Å²) in [5.41, 5.74) is 0.868. The van der Waals surface area contributed by atoms with Crippen molar-refractivity contribution in [2.24, 2.45) is 0 Å². The van der Waals surface area contributed by atoms with Crippen LogP contribution in [0.2, 0.25) is 0 Å². The molecule has 0 saturated carbocycles. The summed E-state index contributed by atoms with van der Waals surface area (Å²) < 4.78 is 18.5. The third-order valence-corrected chi connectivity index (χ3v) is 6.78. The highest BCUT2D eigenvalue weighted by Gasteiger charge is 2.63. The second-order valence-electron chi connectivity index (χ2n) is 8.53. The van der Waals surface area contributed by atoms with Crippen LogP contribution in [0, 0.1) is 17.1 Å². The average molecular weight is 456 g/mol. The zero-order valence-corrected chi connectivity index (χ0v) is 17.7. The van der Waals surface area contributed by atoms with Crippen LogP contribution in [0.1, 0.15) is 12.0 Å². The van der Waals surface area contributed by atoms with Gasteiger partial charge in [-0.1, -0.05) is 24.3 Å². The molecule has 0 aromatic heterocycles. The molecule has 4 amide bonds. The fraction of sp³-hybridized carbons (Fsp3) is 0.200. The van der Waals surface area contributed by atoms with E-state index in [1.807, 2.05) is 0 Å². The smallest absolute Gasteiger partial charge is 0.410 e. The largest absolute Gasteiger partial charge is 0.415 e. The second kappa shape index (κ2) is 7.28. The summed E-state index contributed by atoms with van der Waals surface area (Å²) in [5, 5.41) is 10.7. The minimum absolute atomic E-state index is 0.200. The van der Waals surface area contributed by atoms with Crippen LogP contribution in [0.15, 0.2) is 60.7 Å². The van der Waals surface area contributed by atoms with E-state index in [0.29, 0.717) is 28.4 Å². The number of fused-ring (bicyclic) bond motifs is 6. The van der Waals surface area contributed by atoms with E-state index in [4.69, 9.17) is 4.74 Å². The number of amides is 4. The number of imide groups is 1. The van der Waals surface area contributed by atoms with Gasteiger partial charge in [0, 0.05) is 17.3 Å². The number of nitriles is 1. The summed E-state index contributed by atoms with van der Waals surface area (Å²) in [7, 11) is 0. The van der Waals surface area contributed by atoms with Gasteiger partial charge in [0.25, 0.3) is 5.91 Å². The van der Waals surface area contributed by atoms with E-state index in [9.17, 15) is 24.0 Å². The lowest BCUT2D eigenvalue weighted by Gasteiger charge is -2.34. The number of carbonyl (C=O) groups excluding carboxylic acids is 3. The third-order valence-electron chi connectivity index (χ3n) is 6.78. The van der Waals surface area contributed by atoms with Gasteiger partial charge in [0.1, 0.15) is 17.6 Å². The van der Waals surface area contributed by atoms with Crippen molar-refractivity contribution in [3.8, 4) is 11.8 Å². The lowest BCUT2D eigenvalue weighted by molar-refractivity contribution is -0.121. The number of ether oxygens (including phenoxy) is 1. The average Bonchev–Trinajstić information content (AvgIpc) is 3.51. The highest BCUT2D eigenvalue weighted by molar-refractivity contribution is 6.25. The molecule has 3 saturated heterocycles. The maximum absolute atomic E-state index is 13.5. The minimum atomic E-state index is -0.804. The first-order valence-electron chi connectivity index (χ1n) is 10.8. The van der Waals surface area contributed by atoms with Crippen molar-refractivity contribution in [2.75, 3.05) is 11.4 Å². The molecule has 2 bridgehead atoms. The molecular weight excluding hydrogens is 439 g/mol. The molecule has 8 nitrogen and oxygen atoms in total. The van der Waals surface area contributed by atoms with Crippen molar-refractivity contribution in [3.05, 3.63) is 72.0 Å². The summed E-state index contributed by atoms with van der Waals surface area (Å²) in [6, 6.07) is 15.5. The van der Waals surface area contributed by atoms with E-state index in [1.54, 1.807) is 41.3 Å². The van der Waals surface area contributed by atoms with Gasteiger partial charge in [0.05, 0.1) is 29.4 Å². The molecule has 3 atom stereocenters. The van der Waals surface area contributed by atoms with E-state index in [-0.39, 0.29) is 18.3 Å². The van der Waals surface area contributed by atoms with E-state index in [1.165, 1.54) is 29.2 Å². The first kappa shape index (κ1) is 20.2. The lowest BCUT2D eigenvalue weighted by Crippen LogP contribution is -2.55. The van der Waals surface area contributed by atoms with Gasteiger partial charge in [-0.05, 0) is 42.8 Å². The summed E-state index contributed by atoms with van der Waals surface area (Å²) in [5.74, 6) is -0.654. The third kappa shape index (κ3) is 2.78. The van der Waals surface area contributed by atoms with Crippen LogP contribution in [0.25, 0.3) is 10.8 Å². The fourth-order valence-electron chi connectivity index (χ4n) is 5.33. The van der Waals surface area contributed by atoms with Crippen LogP contribution in [0.4, 0.5) is 19.7 Å². The Kier molecular flexibility index (Phi) is 4.32. The predicted molar refractivity (Wildman–Crippen MR) is 118 cm³/mol. The Morgan fingerprint density at radius 1 is 1.03 bits per heavy atom. The van der Waals surface area contributed by atoms with Gasteiger partial charge in [-0.25, -0.2) is 18.9 Å². The molecule has 0 radical (unpaired) electrons. The first-order valence-corrected chi connectivity index (χ1v) is 10.8. The van der Waals surface area contributed by atoms with Crippen molar-refractivity contribution in [3.63, 3.8) is 0 Å². The Morgan fingerprint density at radius 2 is 1.76 bits per heavy atom. The van der Waals surface area contributed by atoms with Crippen molar-refractivity contribution in [2.45, 2.75) is 24.5 Å². The summed E-state index contributed by atoms with van der Waals surface area (Å²) in [4.78, 5) is 43.9. The maximum Gasteiger partial charge on any atom is 0.415 e. The van der Waals surface area contributed by atoms with E-state index < -0.39 is 35.9 Å². The number of likely N-dealkylation sites (tertiary alicyclic amines) is 1. The normalized spacial score (nSPS) is 22.9. The van der Waals surface area contributed by atoms with Gasteiger partial charge >= 0.3 is 12.1 Å². The van der Waals surface area contributed by atoms with Gasteiger partial charge in [-0.2, -0.15) is 5.26 Å². The minimum Gasteiger partial charge on any atom is -0.410 e. The fourth-order valence-corrected chi connectivity index (χ4v) is 5.33. The molecule has 3 heterocycles. The number of hydrogen-bond donors (Lipinski definition) is 0. The molecule has 34 heavy (non-hydrogen) atoms. The van der Waals surface area contributed by atoms with E-state index in [2.05, 4.69) is 6.07 Å². The Morgan fingerprint density at radius 3 is 2.50 bits per heavy atom. The van der Waals surface area contributed by atoms with Crippen LogP contribution >= 0.6 is 0 Å². The molecule has 3 aliphatic heterocycles. The monoisotopic (exact) mass is 456 g/mol. The number of hydrogen-bond acceptors (Lipinski definition) is 5. The maximum atomic E-state index is 13.5. The second-order valence-corrected chi connectivity index (χ2v) is 8.53. The summed E-state index contributed by atoms with van der Waals surface area (Å²) >= 11 is 0. The van der Waals surface area contributed by atoms with E-state index >= 15 is 0 Å². The Balaban J connectivity index is 1.31. The number of benzene rings is 3. The molecule has 0 spiro atoms. The van der Waals surface area contributed by atoms with Crippen LogP contribution in [0.5, 0.6) is 5.75 Å². The number of anilines is 1. The number of halogens is 1. The molecule has 3 aromatic rings. The van der Waals surface area contributed by atoms with Gasteiger partial charge in [-0.3, -0.25) is 4.79 Å². The highest BCUT2D eigenvalue weighted by Crippen LogP contribution is 2.44. The highest BCUT2D eigenvalue weighted by atomic mass is 19.1. The molecule has 3 fully saturated rings. The number of nitrogens with zero attached hydrogens (tertiary/aromatic N) is 4. The van der Waals surface area contributed by atoms with Crippen molar-refractivity contribution < 1.29 is 23.5 Å². The van der Waals surface area contributed by atoms with Gasteiger partial charge < -0.3 is 14.5 Å². The van der Waals surface area contributed by atoms with Gasteiger partial charge in [0.2, 0.25) is 0 Å². The van der Waals surface area contributed by atoms with Crippen LogP contribution in [0.3, 0.4) is 0 Å². The molecule has 9 heteroatoms. The number of rotatable bonds is 2. The molecule has 6 rings (SSSR count). The zero-order valence-electron chi connectivity index (χ0n) is 17.7. The lowest BCUT2D eigenvalue weighted by atomic mass is 10.0. The van der Waals surface area contributed by atoms with Gasteiger partial charge in [0.15, 0.2) is 0 Å². The van der Waals surface area contributed by atoms with Crippen molar-refractivity contribution >= 4 is 34.5 Å². The molecule has 0 N–H and O–H groups in total. The Hall–Kier alpha value is -4.45. The van der Waals surface area contributed by atoms with Crippen molar-refractivity contribution in [1.82, 2.24) is 9.80 Å². The zero-order chi connectivity index (χ0) is 23.6. The predicted octanol–water partition coefficient (Wildman–Crippen LogP) is 3.64. The first-order chi connectivity index (χ1) is 16.5. The standard InChI is InChI=1S/C25H17FN4O4/c26-15-6-8-17(9-7-15)34-25(33)28-13-16-11-21(28)22-23(31)30(24(32)29(16)22)20-10-5-14(12-27)18-3-1-2-4-19(18)20/h1-10,16,21-22H,11,13H2/t16-,21-,22+/m0/s1. The number of carbonyl (C=O) groups is 3. The van der Waals surface area contributed by atoms with Crippen LogP contribution < -0.4 is 9.64 Å². The molecule has 3 aliphatic rings. The summed E-state index contributed by atoms with van der Waals surface area (Å²) in [6.07, 6.45) is -0.149. The number of urea groups is 1. The molecule has 0 aliphatic carbocycles. The molecule has 0 unspecified atom stereocenters. The topological polar surface area (TPSA) is 93.9 Å². The van der Waals surface area contributed by atoms with Crippen LogP contribution in [-0.2, 0) is 4.79 Å². The van der Waals surface area contributed by atoms with Gasteiger partial charge in [-0.15, -0.1) is 0 Å². The Labute approximate surface area is 193 Å². The number of piperazine rings is 1. The summed E-state index contributed by atoms with van der Waals surface area (Å²) in [6.45, 7) is 0.252. The van der Waals surface area contributed by atoms with Crippen LogP contribution in [-0.4, -0.2) is 52.5 Å². The molecule has 168 valence electrons. The van der Waals surface area contributed by atoms with Crippen molar-refractivity contribution in [1.29, 1.82) is 5.26 Å².